The second-order valence-corrected chi connectivity index (χ2v) is 9.12. The van der Waals surface area contributed by atoms with Gasteiger partial charge in [-0.15, -0.1) is 0 Å². The van der Waals surface area contributed by atoms with Crippen molar-refractivity contribution in [3.05, 3.63) is 36.0 Å². The van der Waals surface area contributed by atoms with Crippen molar-refractivity contribution >= 4 is 16.8 Å². The van der Waals surface area contributed by atoms with Crippen molar-refractivity contribution in [2.75, 3.05) is 26.7 Å². The summed E-state index contributed by atoms with van der Waals surface area (Å²) in [7, 11) is 2.01. The average Bonchev–Trinajstić information content (AvgIpc) is 3.07. The maximum atomic E-state index is 13.1. The molecule has 4 nitrogen and oxygen atoms in total. The number of carbonyl (C=O) groups is 1. The van der Waals surface area contributed by atoms with E-state index in [1.165, 1.54) is 56.1 Å². The third-order valence-electron chi connectivity index (χ3n) is 6.88. The lowest BCUT2D eigenvalue weighted by Crippen LogP contribution is -2.51. The maximum absolute atomic E-state index is 13.1. The second-order valence-electron chi connectivity index (χ2n) is 9.12. The highest BCUT2D eigenvalue weighted by Gasteiger charge is 2.34. The van der Waals surface area contributed by atoms with Gasteiger partial charge in [-0.25, -0.2) is 0 Å². The number of amides is 1. The number of benzene rings is 1. The number of piperidine rings is 2. The van der Waals surface area contributed by atoms with Crippen LogP contribution in [-0.2, 0) is 11.2 Å². The number of rotatable bonds is 5. The van der Waals surface area contributed by atoms with Crippen molar-refractivity contribution in [2.45, 2.75) is 64.5 Å². The van der Waals surface area contributed by atoms with E-state index in [4.69, 9.17) is 0 Å². The van der Waals surface area contributed by atoms with Gasteiger partial charge in [-0.2, -0.15) is 0 Å². The van der Waals surface area contributed by atoms with E-state index in [0.717, 1.165) is 12.1 Å². The predicted octanol–water partition coefficient (Wildman–Crippen LogP) is 4.49. The maximum Gasteiger partial charge on any atom is 0.226 e. The molecule has 2 fully saturated rings. The number of nitrogens with zero attached hydrogens (tertiary/aromatic N) is 3. The van der Waals surface area contributed by atoms with Gasteiger partial charge in [0, 0.05) is 42.8 Å². The van der Waals surface area contributed by atoms with Crippen LogP contribution in [0.15, 0.2) is 30.5 Å². The van der Waals surface area contributed by atoms with Crippen LogP contribution in [0, 0.1) is 5.92 Å². The molecule has 2 atom stereocenters. The van der Waals surface area contributed by atoms with Gasteiger partial charge in [0.1, 0.15) is 0 Å². The van der Waals surface area contributed by atoms with Crippen LogP contribution in [0.1, 0.15) is 57.6 Å². The normalized spacial score (nSPS) is 23.1. The number of para-hydroxylation sites is 1. The van der Waals surface area contributed by atoms with Gasteiger partial charge < -0.3 is 14.4 Å². The fraction of sp³-hybridized carbons (Fsp3) is 0.625. The quantitative estimate of drug-likeness (QED) is 0.763. The molecule has 2 saturated heterocycles. The molecule has 0 aliphatic carbocycles. The van der Waals surface area contributed by atoms with Crippen LogP contribution in [-0.4, -0.2) is 53.0 Å². The van der Waals surface area contributed by atoms with Gasteiger partial charge in [0.25, 0.3) is 0 Å². The molecule has 0 radical (unpaired) electrons. The lowest BCUT2D eigenvalue weighted by Gasteiger charge is -2.45. The third kappa shape index (κ3) is 3.84. The largest absolute Gasteiger partial charge is 0.345 e. The number of fused-ring (bicyclic) bond motifs is 2. The Bertz CT molecular complexity index is 822. The molecule has 4 rings (SSSR count). The number of hydrogen-bond donors (Lipinski definition) is 0. The molecule has 152 valence electrons. The molecule has 3 heterocycles. The fourth-order valence-electron chi connectivity index (χ4n) is 5.39. The Kier molecular flexibility index (Phi) is 5.77. The molecule has 1 aromatic carbocycles. The minimum Gasteiger partial charge on any atom is -0.345 e. The van der Waals surface area contributed by atoms with Crippen LogP contribution in [0.25, 0.3) is 10.9 Å². The minimum atomic E-state index is 0.250. The summed E-state index contributed by atoms with van der Waals surface area (Å²) in [6.07, 6.45) is 9.25. The molecule has 1 amide bonds. The molecule has 0 spiro atoms. The van der Waals surface area contributed by atoms with Crippen LogP contribution in [0.4, 0.5) is 0 Å². The van der Waals surface area contributed by atoms with Gasteiger partial charge in [0.2, 0.25) is 5.91 Å². The molecule has 1 aromatic heterocycles. The fourth-order valence-corrected chi connectivity index (χ4v) is 5.39. The van der Waals surface area contributed by atoms with E-state index in [-0.39, 0.29) is 5.91 Å². The summed E-state index contributed by atoms with van der Waals surface area (Å²) in [5, 5.41) is 1.22. The summed E-state index contributed by atoms with van der Waals surface area (Å²) in [4.78, 5) is 17.8. The zero-order valence-corrected chi connectivity index (χ0v) is 17.7. The van der Waals surface area contributed by atoms with Gasteiger partial charge in [-0.1, -0.05) is 24.6 Å². The molecule has 28 heavy (non-hydrogen) atoms. The molecule has 0 unspecified atom stereocenters. The molecule has 2 aliphatic heterocycles. The summed E-state index contributed by atoms with van der Waals surface area (Å²) >= 11 is 0. The minimum absolute atomic E-state index is 0.250. The topological polar surface area (TPSA) is 28.5 Å². The van der Waals surface area contributed by atoms with Crippen molar-refractivity contribution in [3.8, 4) is 0 Å². The smallest absolute Gasteiger partial charge is 0.226 e. The Balaban J connectivity index is 1.46. The first-order valence-electron chi connectivity index (χ1n) is 11.1. The van der Waals surface area contributed by atoms with Crippen LogP contribution < -0.4 is 0 Å². The van der Waals surface area contributed by atoms with E-state index >= 15 is 0 Å². The monoisotopic (exact) mass is 381 g/mol. The Morgan fingerprint density at radius 1 is 1.14 bits per heavy atom. The first-order valence-corrected chi connectivity index (χ1v) is 11.1. The molecule has 0 bridgehead atoms. The van der Waals surface area contributed by atoms with Crippen molar-refractivity contribution < 1.29 is 4.79 Å². The highest BCUT2D eigenvalue weighted by Crippen LogP contribution is 2.31. The van der Waals surface area contributed by atoms with Crippen LogP contribution >= 0.6 is 0 Å². The van der Waals surface area contributed by atoms with Gasteiger partial charge in [0.05, 0.1) is 6.42 Å². The Labute approximate surface area is 169 Å². The number of aromatic nitrogens is 1. The molecular weight excluding hydrogens is 346 g/mol. The van der Waals surface area contributed by atoms with Crippen molar-refractivity contribution in [3.63, 3.8) is 0 Å². The third-order valence-corrected chi connectivity index (χ3v) is 6.88. The summed E-state index contributed by atoms with van der Waals surface area (Å²) in [6, 6.07) is 9.55. The molecule has 2 aliphatic rings. The van der Waals surface area contributed by atoms with Gasteiger partial charge >= 0.3 is 0 Å². The average molecular weight is 382 g/mol. The molecule has 4 heteroatoms. The SMILES string of the molecule is CC(C)n1cc(CC(=O)N(C)C[C@@H]2CCCN3CCCC[C@H]23)c2ccccc21. The summed E-state index contributed by atoms with van der Waals surface area (Å²) in [6.45, 7) is 7.82. The second kappa shape index (κ2) is 8.28. The lowest BCUT2D eigenvalue weighted by atomic mass is 9.83. The summed E-state index contributed by atoms with van der Waals surface area (Å²) in [5.41, 5.74) is 2.39. The van der Waals surface area contributed by atoms with E-state index in [2.05, 4.69) is 53.8 Å². The number of likely N-dealkylation sites (N-methyl/N-ethyl adjacent to an activating group) is 1. The lowest BCUT2D eigenvalue weighted by molar-refractivity contribution is -0.130. The van der Waals surface area contributed by atoms with E-state index in [1.54, 1.807) is 0 Å². The van der Waals surface area contributed by atoms with Gasteiger partial charge in [-0.05, 0) is 70.2 Å². The molecule has 2 aromatic rings. The number of carbonyl (C=O) groups excluding carboxylic acids is 1. The van der Waals surface area contributed by atoms with Crippen LogP contribution in [0.2, 0.25) is 0 Å². The van der Waals surface area contributed by atoms with Crippen LogP contribution in [0.5, 0.6) is 0 Å². The number of hydrogen-bond acceptors (Lipinski definition) is 2. The van der Waals surface area contributed by atoms with Crippen molar-refractivity contribution in [1.82, 2.24) is 14.4 Å². The van der Waals surface area contributed by atoms with Gasteiger partial charge in [-0.3, -0.25) is 4.79 Å². The van der Waals surface area contributed by atoms with E-state index < -0.39 is 0 Å². The molecular formula is C24H35N3O. The van der Waals surface area contributed by atoms with Crippen molar-refractivity contribution in [1.29, 1.82) is 0 Å². The Hall–Kier alpha value is -1.81. The first kappa shape index (κ1) is 19.5. The highest BCUT2D eigenvalue weighted by atomic mass is 16.2. The summed E-state index contributed by atoms with van der Waals surface area (Å²) < 4.78 is 2.29. The standard InChI is InChI=1S/C24H35N3O/c1-18(2)27-17-20(21-10-4-5-12-23(21)27)15-24(28)25(3)16-19-9-8-14-26-13-7-6-11-22(19)26/h4-5,10,12,17-19,22H,6-9,11,13-16H2,1-3H3/t19-,22+/m0/s1. The van der Waals surface area contributed by atoms with Crippen molar-refractivity contribution in [2.24, 2.45) is 5.92 Å². The molecule has 0 saturated carbocycles. The molecule has 0 N–H and O–H groups in total. The van der Waals surface area contributed by atoms with E-state index in [9.17, 15) is 4.79 Å². The van der Waals surface area contributed by atoms with Gasteiger partial charge in [0.15, 0.2) is 0 Å². The summed E-state index contributed by atoms with van der Waals surface area (Å²) in [5.74, 6) is 0.889. The predicted molar refractivity (Wildman–Crippen MR) is 116 cm³/mol. The van der Waals surface area contributed by atoms with Crippen LogP contribution in [0.3, 0.4) is 0 Å². The Morgan fingerprint density at radius 3 is 2.75 bits per heavy atom. The van der Waals surface area contributed by atoms with E-state index in [0.29, 0.717) is 24.4 Å². The zero-order chi connectivity index (χ0) is 19.7. The zero-order valence-electron chi connectivity index (χ0n) is 17.7. The highest BCUT2D eigenvalue weighted by molar-refractivity contribution is 5.89. The Morgan fingerprint density at radius 2 is 1.93 bits per heavy atom. The van der Waals surface area contributed by atoms with E-state index in [1.807, 2.05) is 11.9 Å². The first-order chi connectivity index (χ1) is 13.5.